The van der Waals surface area contributed by atoms with E-state index < -0.39 is 11.5 Å². The highest BCUT2D eigenvalue weighted by Crippen LogP contribution is 2.61. The standard InChI is InChI=1S/C16H18BrNO2/c1-20-14-5-4-12(17)7-13(14)15(19)16(9-18)8-10-2-3-11(16)6-10/h4-5,7,10-11,15,19H,2-3,6,8H2,1H3. The number of nitrogens with zero attached hydrogens (tertiary/aromatic N) is 1. The molecule has 0 aliphatic heterocycles. The normalized spacial score (nSPS) is 32.9. The molecule has 106 valence electrons. The molecule has 1 aromatic carbocycles. The molecule has 4 unspecified atom stereocenters. The molecule has 0 spiro atoms. The highest BCUT2D eigenvalue weighted by molar-refractivity contribution is 9.10. The molecule has 4 heteroatoms. The van der Waals surface area contributed by atoms with Crippen molar-refractivity contribution >= 4 is 15.9 Å². The summed E-state index contributed by atoms with van der Waals surface area (Å²) < 4.78 is 6.25. The molecule has 2 bridgehead atoms. The van der Waals surface area contributed by atoms with Crippen LogP contribution in [-0.4, -0.2) is 12.2 Å². The maximum Gasteiger partial charge on any atom is 0.124 e. The van der Waals surface area contributed by atoms with Crippen molar-refractivity contribution in [1.29, 1.82) is 5.26 Å². The van der Waals surface area contributed by atoms with Crippen molar-refractivity contribution in [3.63, 3.8) is 0 Å². The fraction of sp³-hybridized carbons (Fsp3) is 0.562. The van der Waals surface area contributed by atoms with E-state index in [0.29, 0.717) is 17.6 Å². The number of halogens is 1. The van der Waals surface area contributed by atoms with Gasteiger partial charge < -0.3 is 9.84 Å². The SMILES string of the molecule is COc1ccc(Br)cc1C(O)C1(C#N)CC2CCC1C2. The Bertz CT molecular complexity index is 568. The number of methoxy groups -OCH3 is 1. The number of benzene rings is 1. The third-order valence-electron chi connectivity index (χ3n) is 5.08. The van der Waals surface area contributed by atoms with E-state index in [9.17, 15) is 10.4 Å². The fourth-order valence-electron chi connectivity index (χ4n) is 4.10. The van der Waals surface area contributed by atoms with Crippen molar-refractivity contribution < 1.29 is 9.84 Å². The minimum atomic E-state index is -0.782. The number of aliphatic hydroxyl groups is 1. The fourth-order valence-corrected chi connectivity index (χ4v) is 4.48. The summed E-state index contributed by atoms with van der Waals surface area (Å²) in [4.78, 5) is 0. The highest BCUT2D eigenvalue weighted by atomic mass is 79.9. The van der Waals surface area contributed by atoms with Crippen LogP contribution in [0, 0.1) is 28.6 Å². The molecule has 1 N–H and O–H groups in total. The summed E-state index contributed by atoms with van der Waals surface area (Å²) in [5.41, 5.74) is 0.0766. The number of hydrogen-bond donors (Lipinski definition) is 1. The minimum Gasteiger partial charge on any atom is -0.496 e. The second-order valence-corrected chi connectivity index (χ2v) is 6.94. The van der Waals surface area contributed by atoms with Gasteiger partial charge in [-0.15, -0.1) is 0 Å². The maximum absolute atomic E-state index is 10.9. The van der Waals surface area contributed by atoms with Crippen LogP contribution in [0.5, 0.6) is 5.75 Å². The molecule has 0 aromatic heterocycles. The van der Waals surface area contributed by atoms with E-state index >= 15 is 0 Å². The number of aliphatic hydroxyl groups excluding tert-OH is 1. The van der Waals surface area contributed by atoms with E-state index in [1.165, 1.54) is 6.42 Å². The van der Waals surface area contributed by atoms with Gasteiger partial charge in [0, 0.05) is 10.0 Å². The van der Waals surface area contributed by atoms with Crippen LogP contribution >= 0.6 is 15.9 Å². The van der Waals surface area contributed by atoms with E-state index in [1.807, 2.05) is 18.2 Å². The minimum absolute atomic E-state index is 0.316. The third kappa shape index (κ3) is 1.96. The monoisotopic (exact) mass is 335 g/mol. The number of fused-ring (bicyclic) bond motifs is 2. The lowest BCUT2D eigenvalue weighted by Gasteiger charge is -2.36. The van der Waals surface area contributed by atoms with Gasteiger partial charge in [0.1, 0.15) is 11.9 Å². The van der Waals surface area contributed by atoms with Crippen LogP contribution in [0.4, 0.5) is 0 Å². The van der Waals surface area contributed by atoms with E-state index in [2.05, 4.69) is 22.0 Å². The van der Waals surface area contributed by atoms with E-state index in [-0.39, 0.29) is 0 Å². The zero-order valence-corrected chi connectivity index (χ0v) is 13.1. The van der Waals surface area contributed by atoms with Crippen LogP contribution < -0.4 is 4.74 Å². The molecular weight excluding hydrogens is 318 g/mol. The summed E-state index contributed by atoms with van der Waals surface area (Å²) in [6.45, 7) is 0. The second-order valence-electron chi connectivity index (χ2n) is 6.02. The van der Waals surface area contributed by atoms with Crippen LogP contribution in [-0.2, 0) is 0 Å². The lowest BCUT2D eigenvalue weighted by molar-refractivity contribution is 0.0217. The Morgan fingerprint density at radius 3 is 2.85 bits per heavy atom. The molecule has 3 nitrogen and oxygen atoms in total. The molecule has 0 saturated heterocycles. The summed E-state index contributed by atoms with van der Waals surface area (Å²) in [6, 6.07) is 8.04. The Morgan fingerprint density at radius 2 is 2.30 bits per heavy atom. The van der Waals surface area contributed by atoms with Gasteiger partial charge in [-0.3, -0.25) is 0 Å². The van der Waals surface area contributed by atoms with Crippen molar-refractivity contribution in [3.8, 4) is 11.8 Å². The van der Waals surface area contributed by atoms with Gasteiger partial charge in [0.25, 0.3) is 0 Å². The zero-order valence-electron chi connectivity index (χ0n) is 11.5. The Hall–Kier alpha value is -1.05. The molecule has 4 atom stereocenters. The number of rotatable bonds is 3. The molecule has 0 heterocycles. The first kappa shape index (κ1) is 13.9. The number of nitriles is 1. The van der Waals surface area contributed by atoms with E-state index in [4.69, 9.17) is 4.74 Å². The van der Waals surface area contributed by atoms with Gasteiger partial charge >= 0.3 is 0 Å². The first-order valence-corrected chi connectivity index (χ1v) is 7.83. The van der Waals surface area contributed by atoms with E-state index in [1.54, 1.807) is 7.11 Å². The van der Waals surface area contributed by atoms with E-state index in [0.717, 1.165) is 29.3 Å². The average Bonchev–Trinajstić information content (AvgIpc) is 3.07. The summed E-state index contributed by atoms with van der Waals surface area (Å²) in [7, 11) is 1.60. The number of hydrogen-bond acceptors (Lipinski definition) is 3. The molecule has 2 fully saturated rings. The summed E-state index contributed by atoms with van der Waals surface area (Å²) in [5.74, 6) is 1.57. The van der Waals surface area contributed by atoms with Crippen LogP contribution in [0.1, 0.15) is 37.4 Å². The molecule has 0 amide bonds. The molecule has 3 rings (SSSR count). The molecule has 2 saturated carbocycles. The average molecular weight is 336 g/mol. The van der Waals surface area contributed by atoms with Crippen molar-refractivity contribution in [2.75, 3.05) is 7.11 Å². The van der Waals surface area contributed by atoms with Crippen molar-refractivity contribution in [2.45, 2.75) is 31.8 Å². The quantitative estimate of drug-likeness (QED) is 0.913. The first-order valence-electron chi connectivity index (χ1n) is 7.03. The topological polar surface area (TPSA) is 53.2 Å². The lowest BCUT2D eigenvalue weighted by Crippen LogP contribution is -2.33. The third-order valence-corrected chi connectivity index (χ3v) is 5.57. The molecule has 0 radical (unpaired) electrons. The van der Waals surface area contributed by atoms with Gasteiger partial charge in [-0.25, -0.2) is 0 Å². The molecule has 20 heavy (non-hydrogen) atoms. The Labute approximate surface area is 127 Å². The molecular formula is C16H18BrNO2. The Morgan fingerprint density at radius 1 is 1.50 bits per heavy atom. The van der Waals surface area contributed by atoms with Crippen molar-refractivity contribution in [3.05, 3.63) is 28.2 Å². The Kier molecular flexibility index (Phi) is 3.51. The summed E-state index contributed by atoms with van der Waals surface area (Å²) in [5, 5.41) is 20.6. The van der Waals surface area contributed by atoms with Crippen LogP contribution in [0.2, 0.25) is 0 Å². The van der Waals surface area contributed by atoms with Gasteiger partial charge in [-0.05, 0) is 49.3 Å². The van der Waals surface area contributed by atoms with Crippen molar-refractivity contribution in [2.24, 2.45) is 17.3 Å². The van der Waals surface area contributed by atoms with Gasteiger partial charge in [0.2, 0.25) is 0 Å². The second kappa shape index (κ2) is 5.05. The number of ether oxygens (including phenoxy) is 1. The van der Waals surface area contributed by atoms with Gasteiger partial charge in [-0.1, -0.05) is 22.4 Å². The van der Waals surface area contributed by atoms with Crippen LogP contribution in [0.15, 0.2) is 22.7 Å². The van der Waals surface area contributed by atoms with Gasteiger partial charge in [0.05, 0.1) is 18.6 Å². The molecule has 2 aliphatic rings. The predicted molar refractivity (Wildman–Crippen MR) is 79.1 cm³/mol. The largest absolute Gasteiger partial charge is 0.496 e. The Balaban J connectivity index is 2.02. The van der Waals surface area contributed by atoms with Crippen LogP contribution in [0.25, 0.3) is 0 Å². The van der Waals surface area contributed by atoms with Gasteiger partial charge in [-0.2, -0.15) is 5.26 Å². The smallest absolute Gasteiger partial charge is 0.124 e. The summed E-state index contributed by atoms with van der Waals surface area (Å²) in [6.07, 6.45) is 3.38. The highest BCUT2D eigenvalue weighted by Gasteiger charge is 2.56. The first-order chi connectivity index (χ1) is 9.60. The van der Waals surface area contributed by atoms with Gasteiger partial charge in [0.15, 0.2) is 0 Å². The molecule has 2 aliphatic carbocycles. The maximum atomic E-state index is 10.9. The molecule has 1 aromatic rings. The summed E-state index contributed by atoms with van der Waals surface area (Å²) >= 11 is 3.43. The zero-order chi connectivity index (χ0) is 14.3. The lowest BCUT2D eigenvalue weighted by atomic mass is 9.68. The predicted octanol–water partition coefficient (Wildman–Crippen LogP) is 3.82. The van der Waals surface area contributed by atoms with Crippen molar-refractivity contribution in [1.82, 2.24) is 0 Å². The van der Waals surface area contributed by atoms with Crippen LogP contribution in [0.3, 0.4) is 0 Å².